The number of aromatic nitrogens is 2. The zero-order valence-electron chi connectivity index (χ0n) is 8.29. The van der Waals surface area contributed by atoms with Crippen LogP contribution in [0.15, 0.2) is 12.5 Å². The van der Waals surface area contributed by atoms with Crippen LogP contribution < -0.4 is 0 Å². The number of ether oxygens (including phenoxy) is 1. The van der Waals surface area contributed by atoms with Gasteiger partial charge >= 0.3 is 5.97 Å². The minimum absolute atomic E-state index is 0.0708. The fraction of sp³-hybridized carbons (Fsp3) is 0.444. The lowest BCUT2D eigenvalue weighted by molar-refractivity contribution is -0.128. The van der Waals surface area contributed by atoms with Crippen LogP contribution in [-0.4, -0.2) is 33.7 Å². The number of carbonyl (C=O) groups excluding carboxylic acids is 1. The van der Waals surface area contributed by atoms with Crippen LogP contribution in [0, 0.1) is 0 Å². The first-order valence-electron chi connectivity index (χ1n) is 4.47. The number of imidazole rings is 1. The zero-order chi connectivity index (χ0) is 11.3. The predicted octanol–water partition coefficient (Wildman–Crippen LogP) is 0.705. The van der Waals surface area contributed by atoms with E-state index < -0.39 is 5.97 Å². The fourth-order valence-electron chi connectivity index (χ4n) is 1.25. The molecule has 1 N–H and O–H groups in total. The summed E-state index contributed by atoms with van der Waals surface area (Å²) < 4.78 is 6.08. The fourth-order valence-corrected chi connectivity index (χ4v) is 1.25. The highest BCUT2D eigenvalue weighted by atomic mass is 16.5. The van der Waals surface area contributed by atoms with Crippen LogP contribution in [-0.2, 0) is 9.53 Å². The van der Waals surface area contributed by atoms with Gasteiger partial charge in [0.2, 0.25) is 0 Å². The van der Waals surface area contributed by atoms with Crippen molar-refractivity contribution < 1.29 is 19.4 Å². The summed E-state index contributed by atoms with van der Waals surface area (Å²) in [5, 5.41) is 8.83. The molecule has 0 saturated heterocycles. The number of carboxylic acids is 1. The molecule has 6 heteroatoms. The highest BCUT2D eigenvalue weighted by Crippen LogP contribution is 2.13. The molecular weight excluding hydrogens is 200 g/mol. The molecule has 0 bridgehead atoms. The smallest absolute Gasteiger partial charge is 0.354 e. The van der Waals surface area contributed by atoms with E-state index >= 15 is 0 Å². The maximum Gasteiger partial charge on any atom is 0.354 e. The second-order valence-corrected chi connectivity index (χ2v) is 3.10. The zero-order valence-corrected chi connectivity index (χ0v) is 8.29. The number of hydrogen-bond acceptors (Lipinski definition) is 4. The van der Waals surface area contributed by atoms with Gasteiger partial charge in [0.05, 0.1) is 19.1 Å². The van der Waals surface area contributed by atoms with Gasteiger partial charge in [0, 0.05) is 12.5 Å². The Morgan fingerprint density at radius 1 is 1.80 bits per heavy atom. The normalized spacial score (nSPS) is 12.1. The third-order valence-corrected chi connectivity index (χ3v) is 2.08. The second kappa shape index (κ2) is 5.14. The molecule has 0 aliphatic heterocycles. The minimum atomic E-state index is -1.02. The van der Waals surface area contributed by atoms with Crippen molar-refractivity contribution in [2.24, 2.45) is 0 Å². The number of aromatic carboxylic acids is 1. The van der Waals surface area contributed by atoms with Gasteiger partial charge in [0.15, 0.2) is 0 Å². The third kappa shape index (κ3) is 2.80. The lowest BCUT2D eigenvalue weighted by Gasteiger charge is -2.13. The van der Waals surface area contributed by atoms with E-state index in [2.05, 4.69) is 9.72 Å². The molecule has 0 radical (unpaired) electrons. The Morgan fingerprint density at radius 3 is 3.13 bits per heavy atom. The predicted molar refractivity (Wildman–Crippen MR) is 50.5 cm³/mol. The average Bonchev–Trinajstić information content (AvgIpc) is 2.66. The van der Waals surface area contributed by atoms with Gasteiger partial charge in [-0.2, -0.15) is 0 Å². The van der Waals surface area contributed by atoms with E-state index in [9.17, 15) is 9.59 Å². The van der Waals surface area contributed by atoms with Crippen molar-refractivity contribution in [2.75, 3.05) is 6.61 Å². The van der Waals surface area contributed by atoms with E-state index in [4.69, 9.17) is 5.11 Å². The summed E-state index contributed by atoms with van der Waals surface area (Å²) in [6.07, 6.45) is 3.30. The van der Waals surface area contributed by atoms with Crippen LogP contribution in [0.2, 0.25) is 0 Å². The highest BCUT2D eigenvalue weighted by molar-refractivity contribution is 5.85. The summed E-state index contributed by atoms with van der Waals surface area (Å²) in [7, 11) is 0. The van der Waals surface area contributed by atoms with Gasteiger partial charge in [-0.3, -0.25) is 4.79 Å². The first-order valence-corrected chi connectivity index (χ1v) is 4.47. The van der Waals surface area contributed by atoms with Gasteiger partial charge in [-0.05, 0) is 6.92 Å². The van der Waals surface area contributed by atoms with E-state index in [1.165, 1.54) is 17.1 Å². The summed E-state index contributed by atoms with van der Waals surface area (Å²) in [6.45, 7) is 2.48. The molecule has 1 aromatic rings. The number of carboxylic acid groups (broad SMARTS) is 1. The van der Waals surface area contributed by atoms with Gasteiger partial charge < -0.3 is 14.4 Å². The van der Waals surface area contributed by atoms with Gasteiger partial charge in [-0.1, -0.05) is 0 Å². The maximum atomic E-state index is 10.8. The molecule has 0 fully saturated rings. The first-order chi connectivity index (χ1) is 7.16. The molecule has 1 heterocycles. The van der Waals surface area contributed by atoms with Gasteiger partial charge in [0.1, 0.15) is 5.69 Å². The SMILES string of the molecule is CC(CCOC=O)n1cncc1C(=O)O. The number of carbonyl (C=O) groups is 2. The van der Waals surface area contributed by atoms with Crippen molar-refractivity contribution in [3.8, 4) is 0 Å². The van der Waals surface area contributed by atoms with E-state index in [0.29, 0.717) is 12.9 Å². The molecule has 1 unspecified atom stereocenters. The van der Waals surface area contributed by atoms with E-state index in [1.807, 2.05) is 6.92 Å². The van der Waals surface area contributed by atoms with Crippen molar-refractivity contribution in [1.82, 2.24) is 9.55 Å². The van der Waals surface area contributed by atoms with E-state index in [1.54, 1.807) is 0 Å². The van der Waals surface area contributed by atoms with Crippen molar-refractivity contribution in [1.29, 1.82) is 0 Å². The lowest BCUT2D eigenvalue weighted by Crippen LogP contribution is -2.13. The molecule has 82 valence electrons. The summed E-state index contributed by atoms with van der Waals surface area (Å²) in [4.78, 5) is 24.4. The first kappa shape index (κ1) is 11.2. The quantitative estimate of drug-likeness (QED) is 0.554. The van der Waals surface area contributed by atoms with Crippen LogP contribution in [0.1, 0.15) is 29.9 Å². The third-order valence-electron chi connectivity index (χ3n) is 2.08. The lowest BCUT2D eigenvalue weighted by atomic mass is 10.2. The molecule has 1 atom stereocenters. The Labute approximate surface area is 86.5 Å². The molecule has 1 aromatic heterocycles. The van der Waals surface area contributed by atoms with E-state index in [-0.39, 0.29) is 18.3 Å². The highest BCUT2D eigenvalue weighted by Gasteiger charge is 2.14. The Kier molecular flexibility index (Phi) is 3.84. The molecule has 0 aliphatic rings. The monoisotopic (exact) mass is 212 g/mol. The number of hydrogen-bond donors (Lipinski definition) is 1. The molecule has 0 spiro atoms. The molecule has 15 heavy (non-hydrogen) atoms. The molecule has 6 nitrogen and oxygen atoms in total. The van der Waals surface area contributed by atoms with E-state index in [0.717, 1.165) is 0 Å². The van der Waals surface area contributed by atoms with Crippen LogP contribution in [0.5, 0.6) is 0 Å². The average molecular weight is 212 g/mol. The topological polar surface area (TPSA) is 81.4 Å². The summed E-state index contributed by atoms with van der Waals surface area (Å²) >= 11 is 0. The Hall–Kier alpha value is -1.85. The van der Waals surface area contributed by atoms with Crippen molar-refractivity contribution in [3.63, 3.8) is 0 Å². The van der Waals surface area contributed by atoms with Gasteiger partial charge in [-0.25, -0.2) is 9.78 Å². The number of rotatable bonds is 6. The Morgan fingerprint density at radius 2 is 2.53 bits per heavy atom. The van der Waals surface area contributed by atoms with Crippen molar-refractivity contribution in [2.45, 2.75) is 19.4 Å². The number of nitrogens with zero attached hydrogens (tertiary/aromatic N) is 2. The standard InChI is InChI=1S/C9H12N2O4/c1-7(2-3-15-6-12)11-5-10-4-8(11)9(13)14/h4-7H,2-3H2,1H3,(H,13,14). The van der Waals surface area contributed by atoms with Crippen molar-refractivity contribution >= 4 is 12.4 Å². The van der Waals surface area contributed by atoms with Gasteiger partial charge in [-0.15, -0.1) is 0 Å². The molecule has 0 saturated carbocycles. The molecule has 0 aliphatic carbocycles. The van der Waals surface area contributed by atoms with Crippen LogP contribution in [0.3, 0.4) is 0 Å². The molecular formula is C9H12N2O4. The van der Waals surface area contributed by atoms with Crippen LogP contribution in [0.4, 0.5) is 0 Å². The van der Waals surface area contributed by atoms with Crippen LogP contribution >= 0.6 is 0 Å². The van der Waals surface area contributed by atoms with Crippen molar-refractivity contribution in [3.05, 3.63) is 18.2 Å². The minimum Gasteiger partial charge on any atom is -0.477 e. The second-order valence-electron chi connectivity index (χ2n) is 3.10. The summed E-state index contributed by atoms with van der Waals surface area (Å²) in [5.41, 5.74) is 0.133. The Bertz CT molecular complexity index is 348. The molecule has 0 aromatic carbocycles. The molecule has 0 amide bonds. The summed E-state index contributed by atoms with van der Waals surface area (Å²) in [6, 6.07) is -0.0708. The Balaban J connectivity index is 2.64. The summed E-state index contributed by atoms with van der Waals surface area (Å²) in [5.74, 6) is -1.02. The largest absolute Gasteiger partial charge is 0.477 e. The maximum absolute atomic E-state index is 10.8. The molecule has 1 rings (SSSR count). The van der Waals surface area contributed by atoms with Crippen LogP contribution in [0.25, 0.3) is 0 Å². The van der Waals surface area contributed by atoms with Gasteiger partial charge in [0.25, 0.3) is 6.47 Å².